The third-order valence-corrected chi connectivity index (χ3v) is 3.94. The van der Waals surface area contributed by atoms with Crippen molar-refractivity contribution >= 4 is 5.78 Å². The molecule has 0 unspecified atom stereocenters. The minimum absolute atomic E-state index is 0.416. The number of rotatable bonds is 0. The summed E-state index contributed by atoms with van der Waals surface area (Å²) in [6.07, 6.45) is 9.50. The summed E-state index contributed by atoms with van der Waals surface area (Å²) in [5, 5.41) is 0. The Hall–Kier alpha value is -0.590. The lowest BCUT2D eigenvalue weighted by atomic mass is 9.65. The monoisotopic (exact) mass is 162 g/mol. The molecule has 0 heterocycles. The lowest BCUT2D eigenvalue weighted by Gasteiger charge is -2.38. The van der Waals surface area contributed by atoms with Crippen LogP contribution in [0.2, 0.25) is 0 Å². The molecule has 4 bridgehead atoms. The van der Waals surface area contributed by atoms with E-state index in [1.54, 1.807) is 0 Å². The van der Waals surface area contributed by atoms with Crippen LogP contribution in [0, 0.1) is 23.7 Å². The minimum Gasteiger partial charge on any atom is -0.299 e. The van der Waals surface area contributed by atoms with E-state index in [0.29, 0.717) is 29.5 Å². The average molecular weight is 162 g/mol. The molecular formula is C11H14O. The Labute approximate surface area is 72.8 Å². The Morgan fingerprint density at radius 1 is 1.08 bits per heavy atom. The zero-order valence-corrected chi connectivity index (χ0v) is 7.20. The van der Waals surface area contributed by atoms with Crippen molar-refractivity contribution in [3.05, 3.63) is 12.2 Å². The average Bonchev–Trinajstić information content (AvgIpc) is 2.47. The molecule has 3 rings (SSSR count). The van der Waals surface area contributed by atoms with E-state index in [0.717, 1.165) is 12.8 Å². The van der Waals surface area contributed by atoms with Crippen LogP contribution in [0.3, 0.4) is 0 Å². The van der Waals surface area contributed by atoms with Gasteiger partial charge in [0.1, 0.15) is 5.78 Å². The zero-order chi connectivity index (χ0) is 8.13. The molecule has 4 atom stereocenters. The molecule has 2 saturated carbocycles. The summed E-state index contributed by atoms with van der Waals surface area (Å²) in [6, 6.07) is 0. The van der Waals surface area contributed by atoms with E-state index in [9.17, 15) is 4.79 Å². The smallest absolute Gasteiger partial charge is 0.140 e. The van der Waals surface area contributed by atoms with E-state index in [4.69, 9.17) is 0 Å². The first-order valence-electron chi connectivity index (χ1n) is 5.08. The van der Waals surface area contributed by atoms with E-state index in [2.05, 4.69) is 12.2 Å². The van der Waals surface area contributed by atoms with Crippen LogP contribution < -0.4 is 0 Å². The second-order valence-electron chi connectivity index (χ2n) is 4.49. The number of ketones is 1. The van der Waals surface area contributed by atoms with E-state index >= 15 is 0 Å². The van der Waals surface area contributed by atoms with Crippen LogP contribution >= 0.6 is 0 Å². The van der Waals surface area contributed by atoms with Crippen molar-refractivity contribution in [3.63, 3.8) is 0 Å². The van der Waals surface area contributed by atoms with E-state index in [1.165, 1.54) is 12.8 Å². The molecule has 0 saturated heterocycles. The van der Waals surface area contributed by atoms with E-state index in [-0.39, 0.29) is 0 Å². The van der Waals surface area contributed by atoms with Gasteiger partial charge in [-0.05, 0) is 31.1 Å². The van der Waals surface area contributed by atoms with Gasteiger partial charge < -0.3 is 0 Å². The summed E-state index contributed by atoms with van der Waals surface area (Å²) in [7, 11) is 0. The maximum atomic E-state index is 11.8. The zero-order valence-electron chi connectivity index (χ0n) is 7.20. The molecule has 1 nitrogen and oxygen atoms in total. The van der Waals surface area contributed by atoms with Crippen molar-refractivity contribution in [1.82, 2.24) is 0 Å². The fourth-order valence-electron chi connectivity index (χ4n) is 3.32. The summed E-state index contributed by atoms with van der Waals surface area (Å²) in [5.41, 5.74) is 0. The second-order valence-corrected chi connectivity index (χ2v) is 4.49. The summed E-state index contributed by atoms with van der Waals surface area (Å²) < 4.78 is 0. The van der Waals surface area contributed by atoms with Gasteiger partial charge >= 0.3 is 0 Å². The van der Waals surface area contributed by atoms with Crippen molar-refractivity contribution in [2.75, 3.05) is 0 Å². The van der Waals surface area contributed by atoms with Gasteiger partial charge in [-0.1, -0.05) is 18.6 Å². The molecule has 0 spiro atoms. The maximum absolute atomic E-state index is 11.8. The molecule has 0 aliphatic heterocycles. The number of Topliss-reactive ketones (excluding diaryl/α,β-unsaturated/α-hetero) is 1. The van der Waals surface area contributed by atoms with Crippen LogP contribution in [0.5, 0.6) is 0 Å². The first-order chi connectivity index (χ1) is 5.86. The van der Waals surface area contributed by atoms with Gasteiger partial charge in [0.25, 0.3) is 0 Å². The third kappa shape index (κ3) is 0.720. The maximum Gasteiger partial charge on any atom is 0.140 e. The predicted octanol–water partition coefficient (Wildman–Crippen LogP) is 2.18. The second kappa shape index (κ2) is 2.21. The molecule has 0 amide bonds. The molecule has 0 radical (unpaired) electrons. The van der Waals surface area contributed by atoms with Gasteiger partial charge in [0.15, 0.2) is 0 Å². The molecule has 1 heteroatoms. The van der Waals surface area contributed by atoms with Gasteiger partial charge in [0.2, 0.25) is 0 Å². The van der Waals surface area contributed by atoms with E-state index in [1.807, 2.05) is 0 Å². The number of allylic oxidation sites excluding steroid dienone is 2. The van der Waals surface area contributed by atoms with Crippen molar-refractivity contribution in [2.24, 2.45) is 23.7 Å². The Balaban J connectivity index is 2.02. The largest absolute Gasteiger partial charge is 0.299 e. The van der Waals surface area contributed by atoms with Crippen LogP contribution in [0.1, 0.15) is 25.7 Å². The summed E-state index contributed by atoms with van der Waals surface area (Å²) >= 11 is 0. The van der Waals surface area contributed by atoms with Crippen molar-refractivity contribution in [1.29, 1.82) is 0 Å². The number of fused-ring (bicyclic) bond motifs is 6. The highest BCUT2D eigenvalue weighted by Crippen LogP contribution is 2.48. The highest BCUT2D eigenvalue weighted by molar-refractivity contribution is 5.86. The summed E-state index contributed by atoms with van der Waals surface area (Å²) in [4.78, 5) is 11.8. The molecule has 2 fully saturated rings. The number of carbonyl (C=O) groups excluding carboxylic acids is 1. The van der Waals surface area contributed by atoms with Crippen molar-refractivity contribution in [3.8, 4) is 0 Å². The van der Waals surface area contributed by atoms with Crippen LogP contribution in [0.15, 0.2) is 12.2 Å². The van der Waals surface area contributed by atoms with Crippen LogP contribution in [0.25, 0.3) is 0 Å². The standard InChI is InChI=1S/C11H14O/c12-11-9-2-1-3-10(11)8-5-4-7(9)6-8/h4-5,7-10H,1-3,6H2/t7-,8+,9-,10+. The minimum atomic E-state index is 0.416. The number of hydrogen-bond donors (Lipinski definition) is 0. The quantitative estimate of drug-likeness (QED) is 0.499. The van der Waals surface area contributed by atoms with Crippen LogP contribution in [0.4, 0.5) is 0 Å². The lowest BCUT2D eigenvalue weighted by molar-refractivity contribution is -0.134. The fourth-order valence-corrected chi connectivity index (χ4v) is 3.32. The lowest BCUT2D eigenvalue weighted by Crippen LogP contribution is -2.39. The van der Waals surface area contributed by atoms with E-state index < -0.39 is 0 Å². The predicted molar refractivity (Wildman–Crippen MR) is 46.6 cm³/mol. The molecule has 3 aliphatic carbocycles. The first kappa shape index (κ1) is 6.88. The summed E-state index contributed by atoms with van der Waals surface area (Å²) in [6.45, 7) is 0. The normalized spacial score (nSPS) is 49.8. The topological polar surface area (TPSA) is 17.1 Å². The molecule has 0 aromatic heterocycles. The van der Waals surface area contributed by atoms with Crippen molar-refractivity contribution < 1.29 is 4.79 Å². The van der Waals surface area contributed by atoms with Crippen LogP contribution in [-0.2, 0) is 4.79 Å². The molecule has 0 N–H and O–H groups in total. The first-order valence-corrected chi connectivity index (χ1v) is 5.08. The number of hydrogen-bond acceptors (Lipinski definition) is 1. The Morgan fingerprint density at radius 3 is 2.25 bits per heavy atom. The van der Waals surface area contributed by atoms with Gasteiger partial charge in [-0.15, -0.1) is 0 Å². The molecule has 12 heavy (non-hydrogen) atoms. The Kier molecular flexibility index (Phi) is 1.27. The number of carbonyl (C=O) groups is 1. The van der Waals surface area contributed by atoms with Crippen molar-refractivity contribution in [2.45, 2.75) is 25.7 Å². The van der Waals surface area contributed by atoms with Crippen LogP contribution in [-0.4, -0.2) is 5.78 Å². The highest BCUT2D eigenvalue weighted by atomic mass is 16.1. The molecule has 3 aliphatic rings. The summed E-state index contributed by atoms with van der Waals surface area (Å²) in [5.74, 6) is 2.67. The molecule has 64 valence electrons. The Morgan fingerprint density at radius 2 is 1.67 bits per heavy atom. The SMILES string of the molecule is O=C1[C@H]2CCC[C@@H]1[C@@H]1C=C[C@H]2C1. The molecular weight excluding hydrogens is 148 g/mol. The van der Waals surface area contributed by atoms with Gasteiger partial charge in [0.05, 0.1) is 0 Å². The van der Waals surface area contributed by atoms with Gasteiger partial charge in [-0.2, -0.15) is 0 Å². The molecule has 0 aromatic rings. The Bertz CT molecular complexity index is 232. The van der Waals surface area contributed by atoms with Gasteiger partial charge in [0, 0.05) is 11.8 Å². The van der Waals surface area contributed by atoms with Gasteiger partial charge in [-0.3, -0.25) is 4.79 Å². The van der Waals surface area contributed by atoms with Gasteiger partial charge in [-0.25, -0.2) is 0 Å². The third-order valence-electron chi connectivity index (χ3n) is 3.94. The molecule has 0 aromatic carbocycles. The fraction of sp³-hybridized carbons (Fsp3) is 0.727. The highest BCUT2D eigenvalue weighted by Gasteiger charge is 2.46.